The van der Waals surface area contributed by atoms with Gasteiger partial charge in [-0.25, -0.2) is 12.7 Å². The summed E-state index contributed by atoms with van der Waals surface area (Å²) in [6.07, 6.45) is 0. The molecular weight excluding hydrogens is 452 g/mol. The van der Waals surface area contributed by atoms with Crippen molar-refractivity contribution in [1.29, 1.82) is 0 Å². The van der Waals surface area contributed by atoms with Crippen molar-refractivity contribution in [2.45, 2.75) is 18.7 Å². The van der Waals surface area contributed by atoms with Crippen LogP contribution in [0.1, 0.15) is 22.8 Å². The lowest BCUT2D eigenvalue weighted by molar-refractivity contribution is 0.102. The van der Waals surface area contributed by atoms with E-state index in [1.165, 1.54) is 23.5 Å². The van der Waals surface area contributed by atoms with Crippen molar-refractivity contribution >= 4 is 33.2 Å². The Labute approximate surface area is 191 Å². The molecule has 0 bridgehead atoms. The van der Waals surface area contributed by atoms with Crippen LogP contribution in [0.2, 0.25) is 5.02 Å². The van der Waals surface area contributed by atoms with Crippen LogP contribution in [0.25, 0.3) is 0 Å². The standard InChI is InChI=1S/C23H21ClN2O5S/c1-4-26(3)32(28,29)22-12-17-20(13-21(22)30-16-8-6-15(24)7-9-16)31-19-10-5-14(2)11-18(19)25-23(17)27/h5-13H,4H2,1-3H3,(H,25,27). The Bertz CT molecular complexity index is 1310. The van der Waals surface area contributed by atoms with Gasteiger partial charge >= 0.3 is 0 Å². The first-order chi connectivity index (χ1) is 15.2. The number of hydrogen-bond donors (Lipinski definition) is 1. The predicted molar refractivity (Wildman–Crippen MR) is 123 cm³/mol. The monoisotopic (exact) mass is 472 g/mol. The molecule has 0 aliphatic carbocycles. The molecule has 3 aromatic rings. The maximum Gasteiger partial charge on any atom is 0.259 e. The summed E-state index contributed by atoms with van der Waals surface area (Å²) in [7, 11) is -2.48. The van der Waals surface area contributed by atoms with Crippen LogP contribution >= 0.6 is 11.6 Å². The number of nitrogens with zero attached hydrogens (tertiary/aromatic N) is 1. The fourth-order valence-electron chi connectivity index (χ4n) is 3.19. The van der Waals surface area contributed by atoms with E-state index in [1.807, 2.05) is 13.0 Å². The number of anilines is 1. The average molecular weight is 473 g/mol. The molecule has 1 aliphatic heterocycles. The maximum atomic E-state index is 13.2. The number of rotatable bonds is 5. The van der Waals surface area contributed by atoms with Crippen molar-refractivity contribution < 1.29 is 22.7 Å². The highest BCUT2D eigenvalue weighted by Gasteiger charge is 2.30. The van der Waals surface area contributed by atoms with Crippen LogP contribution in [-0.2, 0) is 10.0 Å². The van der Waals surface area contributed by atoms with E-state index in [0.717, 1.165) is 5.56 Å². The van der Waals surface area contributed by atoms with Crippen LogP contribution in [-0.4, -0.2) is 32.2 Å². The molecule has 1 heterocycles. The van der Waals surface area contributed by atoms with E-state index in [4.69, 9.17) is 21.1 Å². The number of amides is 1. The first-order valence-corrected chi connectivity index (χ1v) is 11.7. The number of nitrogens with one attached hydrogen (secondary N) is 1. The lowest BCUT2D eigenvalue weighted by Crippen LogP contribution is -2.27. The third-order valence-electron chi connectivity index (χ3n) is 5.07. The van der Waals surface area contributed by atoms with Crippen LogP contribution in [0.5, 0.6) is 23.0 Å². The zero-order valence-corrected chi connectivity index (χ0v) is 19.3. The molecule has 166 valence electrons. The van der Waals surface area contributed by atoms with Crippen LogP contribution in [0.3, 0.4) is 0 Å². The van der Waals surface area contributed by atoms with E-state index in [0.29, 0.717) is 22.2 Å². The van der Waals surface area contributed by atoms with Crippen LogP contribution < -0.4 is 14.8 Å². The number of halogens is 1. The molecule has 0 fully saturated rings. The van der Waals surface area contributed by atoms with Crippen LogP contribution in [0, 0.1) is 6.92 Å². The molecule has 7 nitrogen and oxygen atoms in total. The highest BCUT2D eigenvalue weighted by molar-refractivity contribution is 7.89. The Morgan fingerprint density at radius 1 is 1.06 bits per heavy atom. The van der Waals surface area contributed by atoms with Gasteiger partial charge in [0, 0.05) is 24.7 Å². The SMILES string of the molecule is CCN(C)S(=O)(=O)c1cc2c(cc1Oc1ccc(Cl)cc1)Oc1ccc(C)cc1NC2=O. The van der Waals surface area contributed by atoms with Gasteiger partial charge in [0.2, 0.25) is 10.0 Å². The first-order valence-electron chi connectivity index (χ1n) is 9.86. The minimum Gasteiger partial charge on any atom is -0.456 e. The molecule has 3 aromatic carbocycles. The Kier molecular flexibility index (Phi) is 5.85. The van der Waals surface area contributed by atoms with Gasteiger partial charge in [0.05, 0.1) is 11.3 Å². The minimum atomic E-state index is -3.94. The Hall–Kier alpha value is -3.07. The molecule has 4 rings (SSSR count). The Morgan fingerprint density at radius 3 is 2.47 bits per heavy atom. The number of ether oxygens (including phenoxy) is 2. The van der Waals surface area contributed by atoms with Gasteiger partial charge < -0.3 is 14.8 Å². The summed E-state index contributed by atoms with van der Waals surface area (Å²) >= 11 is 5.94. The van der Waals surface area contributed by atoms with Crippen molar-refractivity contribution in [1.82, 2.24) is 4.31 Å². The van der Waals surface area contributed by atoms with E-state index >= 15 is 0 Å². The number of fused-ring (bicyclic) bond motifs is 2. The molecule has 0 saturated carbocycles. The third-order valence-corrected chi connectivity index (χ3v) is 7.27. The van der Waals surface area contributed by atoms with Crippen LogP contribution in [0.15, 0.2) is 59.5 Å². The van der Waals surface area contributed by atoms with Gasteiger partial charge in [-0.2, -0.15) is 0 Å². The first kappa shape index (κ1) is 22.1. The van der Waals surface area contributed by atoms with Gasteiger partial charge in [0.1, 0.15) is 16.4 Å². The summed E-state index contributed by atoms with van der Waals surface area (Å²) < 4.78 is 39.5. The molecule has 0 radical (unpaired) electrons. The molecule has 0 unspecified atom stereocenters. The summed E-state index contributed by atoms with van der Waals surface area (Å²) in [5, 5.41) is 3.31. The quantitative estimate of drug-likeness (QED) is 0.534. The lowest BCUT2D eigenvalue weighted by Gasteiger charge is -2.19. The van der Waals surface area contributed by atoms with Gasteiger partial charge in [-0.05, 0) is 55.0 Å². The number of sulfonamides is 1. The third kappa shape index (κ3) is 4.17. The molecule has 1 aliphatic rings. The summed E-state index contributed by atoms with van der Waals surface area (Å²) in [6.45, 7) is 3.86. The predicted octanol–water partition coefficient (Wildman–Crippen LogP) is 5.44. The summed E-state index contributed by atoms with van der Waals surface area (Å²) in [5.41, 5.74) is 1.53. The van der Waals surface area contributed by atoms with Crippen molar-refractivity contribution in [2.75, 3.05) is 18.9 Å². The Morgan fingerprint density at radius 2 is 1.78 bits per heavy atom. The number of carbonyl (C=O) groups excluding carboxylic acids is 1. The van der Waals surface area contributed by atoms with Gasteiger partial charge in [0.25, 0.3) is 5.91 Å². The normalized spacial score (nSPS) is 13.0. The Balaban J connectivity index is 1.89. The minimum absolute atomic E-state index is 0.0368. The molecule has 1 amide bonds. The highest BCUT2D eigenvalue weighted by atomic mass is 35.5. The molecule has 0 spiro atoms. The summed E-state index contributed by atoms with van der Waals surface area (Å²) in [6, 6.07) is 14.6. The van der Waals surface area contributed by atoms with Crippen molar-refractivity contribution in [3.05, 3.63) is 70.7 Å². The van der Waals surface area contributed by atoms with Crippen molar-refractivity contribution in [3.63, 3.8) is 0 Å². The zero-order chi connectivity index (χ0) is 23.0. The smallest absolute Gasteiger partial charge is 0.259 e. The second-order valence-electron chi connectivity index (χ2n) is 7.33. The fraction of sp³-hybridized carbons (Fsp3) is 0.174. The van der Waals surface area contributed by atoms with E-state index in [-0.39, 0.29) is 28.5 Å². The summed E-state index contributed by atoms with van der Waals surface area (Å²) in [4.78, 5) is 12.8. The topological polar surface area (TPSA) is 84.9 Å². The lowest BCUT2D eigenvalue weighted by atomic mass is 10.1. The number of carbonyl (C=O) groups is 1. The molecule has 32 heavy (non-hydrogen) atoms. The van der Waals surface area contributed by atoms with Crippen LogP contribution in [0.4, 0.5) is 5.69 Å². The second kappa shape index (κ2) is 8.46. The van der Waals surface area contributed by atoms with E-state index in [9.17, 15) is 13.2 Å². The zero-order valence-electron chi connectivity index (χ0n) is 17.7. The van der Waals surface area contributed by atoms with E-state index in [1.54, 1.807) is 43.3 Å². The van der Waals surface area contributed by atoms with E-state index < -0.39 is 15.9 Å². The number of hydrogen-bond acceptors (Lipinski definition) is 5. The molecule has 9 heteroatoms. The molecule has 0 saturated heterocycles. The molecule has 0 aromatic heterocycles. The summed E-state index contributed by atoms with van der Waals surface area (Å²) in [5.74, 6) is 0.584. The van der Waals surface area contributed by atoms with Gasteiger partial charge in [-0.3, -0.25) is 4.79 Å². The van der Waals surface area contributed by atoms with Gasteiger partial charge in [-0.1, -0.05) is 24.6 Å². The molecular formula is C23H21ClN2O5S. The molecule has 1 N–H and O–H groups in total. The second-order valence-corrected chi connectivity index (χ2v) is 9.78. The number of benzene rings is 3. The highest BCUT2D eigenvalue weighted by Crippen LogP contribution is 2.42. The maximum absolute atomic E-state index is 13.2. The fourth-order valence-corrected chi connectivity index (χ4v) is 4.61. The average Bonchev–Trinajstić information content (AvgIpc) is 2.89. The van der Waals surface area contributed by atoms with Gasteiger partial charge in [0.15, 0.2) is 11.5 Å². The molecule has 0 atom stereocenters. The van der Waals surface area contributed by atoms with Crippen molar-refractivity contribution in [3.8, 4) is 23.0 Å². The van der Waals surface area contributed by atoms with Crippen molar-refractivity contribution in [2.24, 2.45) is 0 Å². The number of aryl methyl sites for hydroxylation is 1. The largest absolute Gasteiger partial charge is 0.456 e. The van der Waals surface area contributed by atoms with E-state index in [2.05, 4.69) is 5.32 Å². The van der Waals surface area contributed by atoms with Gasteiger partial charge in [-0.15, -0.1) is 0 Å².